The predicted octanol–water partition coefficient (Wildman–Crippen LogP) is 5.44. The smallest absolute Gasteiger partial charge is 0.338 e. The van der Waals surface area contributed by atoms with Crippen LogP contribution in [0.2, 0.25) is 0 Å². The van der Waals surface area contributed by atoms with Gasteiger partial charge >= 0.3 is 11.9 Å². The highest BCUT2D eigenvalue weighted by atomic mass is 32.2. The van der Waals surface area contributed by atoms with E-state index < -0.39 is 12.0 Å². The van der Waals surface area contributed by atoms with Crippen LogP contribution in [0.1, 0.15) is 44.7 Å². The predicted molar refractivity (Wildman–Crippen MR) is 167 cm³/mol. The number of piperidine rings is 1. The van der Waals surface area contributed by atoms with Gasteiger partial charge in [-0.15, -0.1) is 0 Å². The third-order valence-corrected chi connectivity index (χ3v) is 8.58. The fourth-order valence-electron chi connectivity index (χ4n) is 5.51. The van der Waals surface area contributed by atoms with Crippen LogP contribution >= 0.6 is 11.8 Å². The van der Waals surface area contributed by atoms with Crippen LogP contribution in [0.3, 0.4) is 0 Å². The van der Waals surface area contributed by atoms with Crippen LogP contribution in [0.5, 0.6) is 11.5 Å². The van der Waals surface area contributed by atoms with E-state index in [-0.39, 0.29) is 37.4 Å². The Morgan fingerprint density at radius 3 is 2.45 bits per heavy atom. The normalized spacial score (nSPS) is 18.4. The van der Waals surface area contributed by atoms with Crippen molar-refractivity contribution in [1.29, 1.82) is 0 Å². The number of ether oxygens (including phenoxy) is 4. The van der Waals surface area contributed by atoms with E-state index in [1.807, 2.05) is 64.9 Å². The lowest BCUT2D eigenvalue weighted by atomic mass is 9.93. The zero-order chi connectivity index (χ0) is 31.1. The minimum atomic E-state index is -0.597. The third kappa shape index (κ3) is 7.16. The van der Waals surface area contributed by atoms with Gasteiger partial charge in [-0.25, -0.2) is 9.79 Å². The van der Waals surface area contributed by atoms with Crippen LogP contribution in [0.25, 0.3) is 0 Å². The van der Waals surface area contributed by atoms with E-state index in [0.717, 1.165) is 11.3 Å². The molecule has 0 saturated carbocycles. The number of rotatable bonds is 11. The Morgan fingerprint density at radius 1 is 0.977 bits per heavy atom. The van der Waals surface area contributed by atoms with Crippen LogP contribution in [-0.4, -0.2) is 72.8 Å². The Bertz CT molecular complexity index is 1460. The lowest BCUT2D eigenvalue weighted by Gasteiger charge is -2.37. The second-order valence-electron chi connectivity index (χ2n) is 10.6. The van der Waals surface area contributed by atoms with E-state index in [2.05, 4.69) is 0 Å². The topological polar surface area (TPSA) is 107 Å². The van der Waals surface area contributed by atoms with Crippen molar-refractivity contribution in [3.05, 3.63) is 82.5 Å². The molecule has 44 heavy (non-hydrogen) atoms. The summed E-state index contributed by atoms with van der Waals surface area (Å²) in [5.41, 5.74) is 2.46. The Balaban J connectivity index is 1.40. The fraction of sp³-hybridized carbons (Fsp3) is 0.394. The van der Waals surface area contributed by atoms with Gasteiger partial charge in [-0.2, -0.15) is 0 Å². The van der Waals surface area contributed by atoms with E-state index in [0.29, 0.717) is 60.5 Å². The third-order valence-electron chi connectivity index (χ3n) is 7.69. The van der Waals surface area contributed by atoms with Gasteiger partial charge in [-0.05, 0) is 61.9 Å². The quantitative estimate of drug-likeness (QED) is 0.240. The molecule has 1 fully saturated rings. The van der Waals surface area contributed by atoms with Crippen LogP contribution in [0, 0.1) is 5.92 Å². The van der Waals surface area contributed by atoms with Crippen molar-refractivity contribution in [2.45, 2.75) is 39.2 Å². The number of carbonyl (C=O) groups is 3. The van der Waals surface area contributed by atoms with Crippen molar-refractivity contribution in [2.75, 3.05) is 40.0 Å². The van der Waals surface area contributed by atoms with Crippen LogP contribution in [-0.2, 0) is 28.6 Å². The number of allylic oxidation sites excluding steroid dienone is 1. The number of amidine groups is 1. The molecule has 0 bridgehead atoms. The number of para-hydroxylation sites is 1. The first-order valence-electron chi connectivity index (χ1n) is 14.8. The molecule has 1 amide bonds. The van der Waals surface area contributed by atoms with Crippen molar-refractivity contribution in [3.8, 4) is 11.5 Å². The largest absolute Gasteiger partial charge is 0.466 e. The number of aliphatic imine (C=N–C) groups is 1. The lowest BCUT2D eigenvalue weighted by molar-refractivity contribution is -0.151. The van der Waals surface area contributed by atoms with E-state index in [4.69, 9.17) is 23.9 Å². The number of hydrogen-bond acceptors (Lipinski definition) is 10. The first-order chi connectivity index (χ1) is 21.4. The summed E-state index contributed by atoms with van der Waals surface area (Å²) in [6.07, 6.45) is 1.27. The number of benzene rings is 2. The highest BCUT2D eigenvalue weighted by molar-refractivity contribution is 8.16. The molecule has 0 aromatic heterocycles. The summed E-state index contributed by atoms with van der Waals surface area (Å²) in [5, 5.41) is 2.60. The molecular weight excluding hydrogens is 582 g/mol. The molecular formula is C33H37N3O7S. The molecule has 0 radical (unpaired) electrons. The van der Waals surface area contributed by atoms with Gasteiger partial charge < -0.3 is 28.7 Å². The first kappa shape index (κ1) is 31.3. The number of amides is 1. The summed E-state index contributed by atoms with van der Waals surface area (Å²) >= 11 is 1.42. The Kier molecular flexibility index (Phi) is 10.4. The fourth-order valence-corrected chi connectivity index (χ4v) is 6.47. The van der Waals surface area contributed by atoms with Crippen molar-refractivity contribution < 1.29 is 33.3 Å². The zero-order valence-corrected chi connectivity index (χ0v) is 26.0. The molecule has 2 aromatic rings. The molecule has 1 atom stereocenters. The number of carbonyl (C=O) groups excluding carboxylic acids is 3. The maximum Gasteiger partial charge on any atom is 0.338 e. The summed E-state index contributed by atoms with van der Waals surface area (Å²) in [7, 11) is 1.55. The Morgan fingerprint density at radius 2 is 1.73 bits per heavy atom. The second kappa shape index (κ2) is 14.6. The Labute approximate surface area is 261 Å². The van der Waals surface area contributed by atoms with Gasteiger partial charge in [0.2, 0.25) is 5.91 Å². The molecule has 11 heteroatoms. The summed E-state index contributed by atoms with van der Waals surface area (Å²) in [4.78, 5) is 47.8. The number of esters is 2. The summed E-state index contributed by atoms with van der Waals surface area (Å²) in [6.45, 7) is 5.29. The van der Waals surface area contributed by atoms with E-state index >= 15 is 0 Å². The van der Waals surface area contributed by atoms with Crippen molar-refractivity contribution in [2.24, 2.45) is 10.9 Å². The maximum absolute atomic E-state index is 13.5. The number of thioether (sulfide) groups is 1. The van der Waals surface area contributed by atoms with E-state index in [9.17, 15) is 14.4 Å². The van der Waals surface area contributed by atoms with Gasteiger partial charge in [0, 0.05) is 25.9 Å². The molecule has 2 aromatic carbocycles. The first-order valence-corrected chi connectivity index (χ1v) is 15.6. The van der Waals surface area contributed by atoms with Crippen LogP contribution in [0.4, 0.5) is 0 Å². The summed E-state index contributed by atoms with van der Waals surface area (Å²) < 4.78 is 22.0. The summed E-state index contributed by atoms with van der Waals surface area (Å²) in [6, 6.07) is 16.5. The van der Waals surface area contributed by atoms with Crippen molar-refractivity contribution in [1.82, 2.24) is 9.80 Å². The molecule has 3 aliphatic rings. The average molecular weight is 620 g/mol. The lowest BCUT2D eigenvalue weighted by Crippen LogP contribution is -2.42. The van der Waals surface area contributed by atoms with Gasteiger partial charge in [-0.3, -0.25) is 9.59 Å². The SMILES string of the molecule is CCOC(=O)C1CCN(C(=O)CC2=CSC3=NC(C)=C(C(=O)OCCOC)[C@H](c4cccc(Oc5ccccc5)c4)N23)CC1. The molecule has 5 rings (SSSR count). The van der Waals surface area contributed by atoms with Gasteiger partial charge in [-0.1, -0.05) is 42.1 Å². The number of likely N-dealkylation sites (tertiary alicyclic amines) is 1. The average Bonchev–Trinajstić information content (AvgIpc) is 3.42. The van der Waals surface area contributed by atoms with Gasteiger partial charge in [0.25, 0.3) is 0 Å². The molecule has 232 valence electrons. The summed E-state index contributed by atoms with van der Waals surface area (Å²) in [5.74, 6) is 0.380. The van der Waals surface area contributed by atoms with Gasteiger partial charge in [0.1, 0.15) is 18.1 Å². The molecule has 3 aliphatic heterocycles. The zero-order valence-electron chi connectivity index (χ0n) is 25.2. The second-order valence-corrected chi connectivity index (χ2v) is 11.4. The van der Waals surface area contributed by atoms with E-state index in [1.165, 1.54) is 11.8 Å². The van der Waals surface area contributed by atoms with Crippen LogP contribution in [0.15, 0.2) is 82.0 Å². The van der Waals surface area contributed by atoms with E-state index in [1.54, 1.807) is 25.9 Å². The molecule has 1 saturated heterocycles. The monoisotopic (exact) mass is 619 g/mol. The Hall–Kier alpha value is -4.09. The minimum Gasteiger partial charge on any atom is -0.466 e. The molecule has 0 spiro atoms. The molecule has 0 unspecified atom stereocenters. The standard InChI is InChI=1S/C33H37N3O7S/c1-4-41-31(38)23-13-15-35(16-14-23)28(37)20-25-21-44-33-34-22(2)29(32(39)42-18-17-40-3)30(36(25)33)24-9-8-12-27(19-24)43-26-10-6-5-7-11-26/h5-12,19,21,23,30H,4,13-18,20H2,1-3H3/t30-/m0/s1. The number of nitrogens with zero attached hydrogens (tertiary/aromatic N) is 3. The maximum atomic E-state index is 13.5. The molecule has 3 heterocycles. The molecule has 10 nitrogen and oxygen atoms in total. The van der Waals surface area contributed by atoms with Crippen molar-refractivity contribution >= 4 is 34.8 Å². The number of methoxy groups -OCH3 is 1. The molecule has 0 N–H and O–H groups in total. The van der Waals surface area contributed by atoms with Crippen molar-refractivity contribution in [3.63, 3.8) is 0 Å². The highest BCUT2D eigenvalue weighted by Gasteiger charge is 2.42. The highest BCUT2D eigenvalue weighted by Crippen LogP contribution is 2.45. The number of fused-ring (bicyclic) bond motifs is 1. The van der Waals surface area contributed by atoms with Gasteiger partial charge in [0.15, 0.2) is 5.17 Å². The molecule has 0 aliphatic carbocycles. The van der Waals surface area contributed by atoms with Crippen LogP contribution < -0.4 is 4.74 Å². The minimum absolute atomic E-state index is 0.0455. The van der Waals surface area contributed by atoms with Gasteiger partial charge in [0.05, 0.1) is 42.9 Å². The number of hydrogen-bond donors (Lipinski definition) is 0.